The molecule has 1 amide bonds. The molecule has 76 valence electrons. The summed E-state index contributed by atoms with van der Waals surface area (Å²) in [5.74, 6) is 0.0965. The molecule has 1 fully saturated rings. The van der Waals surface area contributed by atoms with Gasteiger partial charge in [-0.3, -0.25) is 9.69 Å². The van der Waals surface area contributed by atoms with Crippen LogP contribution in [0.15, 0.2) is 0 Å². The Labute approximate surface area is 79.5 Å². The molecule has 13 heavy (non-hydrogen) atoms. The SMILES string of the molecule is CCN(CC(=O)NCCN)C1CC1. The van der Waals surface area contributed by atoms with E-state index in [0.29, 0.717) is 25.7 Å². The quantitative estimate of drug-likeness (QED) is 0.589. The molecule has 3 N–H and O–H groups in total. The average Bonchev–Trinajstić information content (AvgIpc) is 2.94. The van der Waals surface area contributed by atoms with Gasteiger partial charge in [0.05, 0.1) is 6.54 Å². The molecule has 1 aliphatic carbocycles. The Hall–Kier alpha value is -0.610. The molecule has 1 saturated carbocycles. The Kier molecular flexibility index (Phi) is 4.18. The number of nitrogens with two attached hydrogens (primary N) is 1. The first kappa shape index (κ1) is 10.5. The van der Waals surface area contributed by atoms with Crippen LogP contribution in [0.2, 0.25) is 0 Å². The third kappa shape index (κ3) is 3.74. The fraction of sp³-hybridized carbons (Fsp3) is 0.889. The van der Waals surface area contributed by atoms with E-state index in [1.54, 1.807) is 0 Å². The molecule has 0 aromatic carbocycles. The summed E-state index contributed by atoms with van der Waals surface area (Å²) in [4.78, 5) is 13.5. The van der Waals surface area contributed by atoms with Gasteiger partial charge in [-0.2, -0.15) is 0 Å². The van der Waals surface area contributed by atoms with Gasteiger partial charge in [0.15, 0.2) is 0 Å². The molecule has 1 rings (SSSR count). The molecule has 0 radical (unpaired) electrons. The third-order valence-corrected chi connectivity index (χ3v) is 2.28. The molecule has 0 aromatic heterocycles. The molecule has 4 heteroatoms. The van der Waals surface area contributed by atoms with Crippen LogP contribution in [0.1, 0.15) is 19.8 Å². The standard InChI is InChI=1S/C9H19N3O/c1-2-12(8-3-4-8)7-9(13)11-6-5-10/h8H,2-7,10H2,1H3,(H,11,13). The third-order valence-electron chi connectivity index (χ3n) is 2.28. The summed E-state index contributed by atoms with van der Waals surface area (Å²) in [7, 11) is 0. The van der Waals surface area contributed by atoms with Crippen molar-refractivity contribution in [3.8, 4) is 0 Å². The van der Waals surface area contributed by atoms with Crippen LogP contribution in [0, 0.1) is 0 Å². The molecule has 0 bridgehead atoms. The largest absolute Gasteiger partial charge is 0.354 e. The number of nitrogens with one attached hydrogen (secondary N) is 1. The minimum Gasteiger partial charge on any atom is -0.354 e. The minimum atomic E-state index is 0.0965. The fourth-order valence-corrected chi connectivity index (χ4v) is 1.39. The van der Waals surface area contributed by atoms with Crippen molar-refractivity contribution in [1.29, 1.82) is 0 Å². The molecule has 0 saturated heterocycles. The number of carbonyl (C=O) groups excluding carboxylic acids is 1. The van der Waals surface area contributed by atoms with Gasteiger partial charge < -0.3 is 11.1 Å². The smallest absolute Gasteiger partial charge is 0.234 e. The van der Waals surface area contributed by atoms with Gasteiger partial charge in [0.1, 0.15) is 0 Å². The Morgan fingerprint density at radius 2 is 2.31 bits per heavy atom. The zero-order valence-corrected chi connectivity index (χ0v) is 8.25. The van der Waals surface area contributed by atoms with Crippen LogP contribution < -0.4 is 11.1 Å². The average molecular weight is 185 g/mol. The molecule has 0 aliphatic heterocycles. The lowest BCUT2D eigenvalue weighted by molar-refractivity contribution is -0.122. The molecule has 0 spiro atoms. The van der Waals surface area contributed by atoms with Crippen LogP contribution >= 0.6 is 0 Å². The number of hydrogen-bond donors (Lipinski definition) is 2. The highest BCUT2D eigenvalue weighted by Gasteiger charge is 2.28. The molecular weight excluding hydrogens is 166 g/mol. The second kappa shape index (κ2) is 5.19. The molecule has 1 aliphatic rings. The lowest BCUT2D eigenvalue weighted by atomic mass is 10.4. The Bertz CT molecular complexity index is 168. The number of rotatable bonds is 6. The van der Waals surface area contributed by atoms with E-state index < -0.39 is 0 Å². The summed E-state index contributed by atoms with van der Waals surface area (Å²) < 4.78 is 0. The normalized spacial score (nSPS) is 16.2. The van der Waals surface area contributed by atoms with Gasteiger partial charge >= 0.3 is 0 Å². The summed E-state index contributed by atoms with van der Waals surface area (Å²) >= 11 is 0. The Balaban J connectivity index is 2.16. The maximum atomic E-state index is 11.3. The van der Waals surface area contributed by atoms with Gasteiger partial charge in [-0.1, -0.05) is 6.92 Å². The van der Waals surface area contributed by atoms with E-state index in [0.717, 1.165) is 6.54 Å². The predicted octanol–water partition coefficient (Wildman–Crippen LogP) is -0.454. The minimum absolute atomic E-state index is 0.0965. The topological polar surface area (TPSA) is 58.4 Å². The highest BCUT2D eigenvalue weighted by atomic mass is 16.2. The summed E-state index contributed by atoms with van der Waals surface area (Å²) in [5.41, 5.74) is 5.28. The van der Waals surface area contributed by atoms with Gasteiger partial charge in [-0.25, -0.2) is 0 Å². The Morgan fingerprint density at radius 3 is 2.77 bits per heavy atom. The first-order valence-corrected chi connectivity index (χ1v) is 4.98. The van der Waals surface area contributed by atoms with Crippen LogP contribution in [0.4, 0.5) is 0 Å². The summed E-state index contributed by atoms with van der Waals surface area (Å²) in [5, 5.41) is 2.77. The molecular formula is C9H19N3O. The zero-order chi connectivity index (χ0) is 9.68. The maximum absolute atomic E-state index is 11.3. The van der Waals surface area contributed by atoms with E-state index in [-0.39, 0.29) is 5.91 Å². The van der Waals surface area contributed by atoms with Gasteiger partial charge in [0.2, 0.25) is 5.91 Å². The number of amides is 1. The molecule has 4 nitrogen and oxygen atoms in total. The van der Waals surface area contributed by atoms with E-state index in [4.69, 9.17) is 5.73 Å². The van der Waals surface area contributed by atoms with Crippen molar-refractivity contribution in [2.45, 2.75) is 25.8 Å². The number of nitrogens with zero attached hydrogens (tertiary/aromatic N) is 1. The van der Waals surface area contributed by atoms with Crippen molar-refractivity contribution >= 4 is 5.91 Å². The molecule has 0 heterocycles. The van der Waals surface area contributed by atoms with Crippen molar-refractivity contribution in [1.82, 2.24) is 10.2 Å². The highest BCUT2D eigenvalue weighted by Crippen LogP contribution is 2.25. The lowest BCUT2D eigenvalue weighted by Gasteiger charge is -2.18. The number of carbonyl (C=O) groups is 1. The summed E-state index contributed by atoms with van der Waals surface area (Å²) in [6, 6.07) is 0.661. The van der Waals surface area contributed by atoms with E-state index in [2.05, 4.69) is 17.1 Å². The number of likely N-dealkylation sites (N-methyl/N-ethyl adjacent to an activating group) is 1. The first-order valence-electron chi connectivity index (χ1n) is 4.98. The molecule has 0 aromatic rings. The summed E-state index contributed by atoms with van der Waals surface area (Å²) in [6.45, 7) is 4.68. The van der Waals surface area contributed by atoms with Crippen LogP contribution in [-0.4, -0.2) is 43.0 Å². The second-order valence-corrected chi connectivity index (χ2v) is 3.43. The van der Waals surface area contributed by atoms with Crippen LogP contribution in [-0.2, 0) is 4.79 Å². The van der Waals surface area contributed by atoms with Crippen molar-refractivity contribution in [2.24, 2.45) is 5.73 Å². The maximum Gasteiger partial charge on any atom is 0.234 e. The van der Waals surface area contributed by atoms with Crippen LogP contribution in [0.5, 0.6) is 0 Å². The molecule has 0 unspecified atom stereocenters. The van der Waals surface area contributed by atoms with Crippen LogP contribution in [0.3, 0.4) is 0 Å². The first-order chi connectivity index (χ1) is 6.27. The van der Waals surface area contributed by atoms with Gasteiger partial charge in [-0.05, 0) is 19.4 Å². The summed E-state index contributed by atoms with van der Waals surface area (Å²) in [6.07, 6.45) is 2.50. The number of hydrogen-bond acceptors (Lipinski definition) is 3. The van der Waals surface area contributed by atoms with Crippen molar-refractivity contribution < 1.29 is 4.79 Å². The van der Waals surface area contributed by atoms with E-state index >= 15 is 0 Å². The van der Waals surface area contributed by atoms with Gasteiger partial charge in [-0.15, -0.1) is 0 Å². The second-order valence-electron chi connectivity index (χ2n) is 3.43. The zero-order valence-electron chi connectivity index (χ0n) is 8.25. The highest BCUT2D eigenvalue weighted by molar-refractivity contribution is 5.78. The van der Waals surface area contributed by atoms with Gasteiger partial charge in [0, 0.05) is 19.1 Å². The van der Waals surface area contributed by atoms with Crippen LogP contribution in [0.25, 0.3) is 0 Å². The fourth-order valence-electron chi connectivity index (χ4n) is 1.39. The Morgan fingerprint density at radius 1 is 1.62 bits per heavy atom. The van der Waals surface area contributed by atoms with E-state index in [9.17, 15) is 4.79 Å². The van der Waals surface area contributed by atoms with Gasteiger partial charge in [0.25, 0.3) is 0 Å². The lowest BCUT2D eigenvalue weighted by Crippen LogP contribution is -2.39. The predicted molar refractivity (Wildman–Crippen MR) is 52.3 cm³/mol. The van der Waals surface area contributed by atoms with Crippen molar-refractivity contribution in [2.75, 3.05) is 26.2 Å². The van der Waals surface area contributed by atoms with Crippen molar-refractivity contribution in [3.63, 3.8) is 0 Å². The monoisotopic (exact) mass is 185 g/mol. The van der Waals surface area contributed by atoms with Crippen molar-refractivity contribution in [3.05, 3.63) is 0 Å². The van der Waals surface area contributed by atoms with E-state index in [1.807, 2.05) is 0 Å². The van der Waals surface area contributed by atoms with E-state index in [1.165, 1.54) is 12.8 Å². The molecule has 0 atom stereocenters.